The zero-order chi connectivity index (χ0) is 10.6. The highest BCUT2D eigenvalue weighted by Gasteiger charge is 1.98. The van der Waals surface area contributed by atoms with Crippen LogP contribution in [0, 0.1) is 5.41 Å². The van der Waals surface area contributed by atoms with E-state index in [0.29, 0.717) is 12.3 Å². The summed E-state index contributed by atoms with van der Waals surface area (Å²) >= 11 is 0. The van der Waals surface area contributed by atoms with Gasteiger partial charge in [0.05, 0.1) is 12.7 Å². The van der Waals surface area contributed by atoms with E-state index in [1.54, 1.807) is 6.92 Å². The fourth-order valence-corrected chi connectivity index (χ4v) is 1.11. The molecule has 0 fully saturated rings. The van der Waals surface area contributed by atoms with E-state index in [0.717, 1.165) is 11.1 Å². The van der Waals surface area contributed by atoms with Crippen LogP contribution < -0.4 is 0 Å². The largest absolute Gasteiger partial charge is 0.374 e. The Balaban J connectivity index is 2.60. The van der Waals surface area contributed by atoms with Crippen molar-refractivity contribution in [2.75, 3.05) is 0 Å². The number of nitrogens with one attached hydrogen (secondary N) is 1. The van der Waals surface area contributed by atoms with Crippen LogP contribution in [-0.2, 0) is 11.3 Å². The Morgan fingerprint density at radius 1 is 1.29 bits per heavy atom. The van der Waals surface area contributed by atoms with E-state index in [-0.39, 0.29) is 6.10 Å². The highest BCUT2D eigenvalue weighted by molar-refractivity contribution is 5.96. The van der Waals surface area contributed by atoms with E-state index in [1.165, 1.54) is 0 Å². The lowest BCUT2D eigenvalue weighted by Crippen LogP contribution is -2.02. The SMILES string of the molecule is CC(=N)c1ccc(COC(C)C)cc1. The maximum absolute atomic E-state index is 7.44. The Morgan fingerprint density at radius 3 is 2.29 bits per heavy atom. The maximum Gasteiger partial charge on any atom is 0.0720 e. The molecule has 0 spiro atoms. The van der Waals surface area contributed by atoms with E-state index >= 15 is 0 Å². The highest BCUT2D eigenvalue weighted by Crippen LogP contribution is 2.07. The van der Waals surface area contributed by atoms with Gasteiger partial charge in [-0.2, -0.15) is 0 Å². The number of hydrogen-bond acceptors (Lipinski definition) is 2. The van der Waals surface area contributed by atoms with Crippen molar-refractivity contribution in [1.82, 2.24) is 0 Å². The molecule has 1 aromatic carbocycles. The standard InChI is InChI=1S/C12H17NO/c1-9(2)14-8-11-4-6-12(7-5-11)10(3)13/h4-7,9,13H,8H2,1-3H3. The zero-order valence-corrected chi connectivity index (χ0v) is 9.00. The minimum absolute atomic E-state index is 0.263. The van der Waals surface area contributed by atoms with E-state index in [2.05, 4.69) is 0 Å². The average molecular weight is 191 g/mol. The molecule has 0 aliphatic carbocycles. The Kier molecular flexibility index (Phi) is 3.84. The fourth-order valence-electron chi connectivity index (χ4n) is 1.11. The molecule has 0 radical (unpaired) electrons. The summed E-state index contributed by atoms with van der Waals surface area (Å²) < 4.78 is 5.47. The number of hydrogen-bond donors (Lipinski definition) is 1. The van der Waals surface area contributed by atoms with Gasteiger partial charge in [-0.15, -0.1) is 0 Å². The Labute approximate surface area is 85.4 Å². The van der Waals surface area contributed by atoms with Crippen LogP contribution in [0.3, 0.4) is 0 Å². The molecule has 1 aromatic rings. The Hall–Kier alpha value is -1.15. The molecule has 0 saturated carbocycles. The molecule has 0 saturated heterocycles. The number of ether oxygens (including phenoxy) is 1. The normalized spacial score (nSPS) is 10.6. The van der Waals surface area contributed by atoms with Crippen molar-refractivity contribution in [2.24, 2.45) is 0 Å². The summed E-state index contributed by atoms with van der Waals surface area (Å²) in [5, 5.41) is 7.44. The molecule has 1 N–H and O–H groups in total. The third-order valence-electron chi connectivity index (χ3n) is 1.97. The molecule has 0 atom stereocenters. The van der Waals surface area contributed by atoms with Crippen molar-refractivity contribution < 1.29 is 4.74 Å². The number of rotatable bonds is 4. The quantitative estimate of drug-likeness (QED) is 0.729. The lowest BCUT2D eigenvalue weighted by molar-refractivity contribution is 0.0657. The predicted octanol–water partition coefficient (Wildman–Crippen LogP) is 3.00. The minimum Gasteiger partial charge on any atom is -0.374 e. The second-order valence-corrected chi connectivity index (χ2v) is 3.68. The van der Waals surface area contributed by atoms with Gasteiger partial charge in [0.15, 0.2) is 0 Å². The van der Waals surface area contributed by atoms with Gasteiger partial charge in [0.2, 0.25) is 0 Å². The molecule has 0 unspecified atom stereocenters. The van der Waals surface area contributed by atoms with Gasteiger partial charge in [0, 0.05) is 5.71 Å². The second kappa shape index (κ2) is 4.91. The smallest absolute Gasteiger partial charge is 0.0720 e. The molecule has 0 bridgehead atoms. The number of benzene rings is 1. The van der Waals surface area contributed by atoms with Crippen LogP contribution in [0.15, 0.2) is 24.3 Å². The van der Waals surface area contributed by atoms with Crippen molar-refractivity contribution in [3.63, 3.8) is 0 Å². The first-order valence-electron chi connectivity index (χ1n) is 4.85. The van der Waals surface area contributed by atoms with E-state index < -0.39 is 0 Å². The lowest BCUT2D eigenvalue weighted by Gasteiger charge is -2.07. The summed E-state index contributed by atoms with van der Waals surface area (Å²) in [7, 11) is 0. The fraction of sp³-hybridized carbons (Fsp3) is 0.417. The minimum atomic E-state index is 0.263. The predicted molar refractivity (Wildman–Crippen MR) is 58.9 cm³/mol. The topological polar surface area (TPSA) is 33.1 Å². The van der Waals surface area contributed by atoms with E-state index in [4.69, 9.17) is 10.1 Å². The Morgan fingerprint density at radius 2 is 1.86 bits per heavy atom. The highest BCUT2D eigenvalue weighted by atomic mass is 16.5. The molecule has 0 aromatic heterocycles. The van der Waals surface area contributed by atoms with Crippen LogP contribution in [0.1, 0.15) is 31.9 Å². The second-order valence-electron chi connectivity index (χ2n) is 3.68. The summed E-state index contributed by atoms with van der Waals surface area (Å²) in [6.45, 7) is 6.49. The maximum atomic E-state index is 7.44. The van der Waals surface area contributed by atoms with Crippen molar-refractivity contribution in [3.05, 3.63) is 35.4 Å². The third-order valence-corrected chi connectivity index (χ3v) is 1.97. The molecule has 0 heterocycles. The van der Waals surface area contributed by atoms with Crippen molar-refractivity contribution in [2.45, 2.75) is 33.5 Å². The van der Waals surface area contributed by atoms with Gasteiger partial charge in [-0.05, 0) is 31.9 Å². The molecular weight excluding hydrogens is 174 g/mol. The first-order valence-corrected chi connectivity index (χ1v) is 4.85. The molecular formula is C12H17NO. The first-order chi connectivity index (χ1) is 6.59. The van der Waals surface area contributed by atoms with E-state index in [1.807, 2.05) is 38.1 Å². The Bertz CT molecular complexity index is 301. The van der Waals surface area contributed by atoms with Crippen LogP contribution in [0.2, 0.25) is 0 Å². The van der Waals surface area contributed by atoms with Gasteiger partial charge in [-0.1, -0.05) is 24.3 Å². The van der Waals surface area contributed by atoms with Crippen LogP contribution in [0.4, 0.5) is 0 Å². The molecule has 2 nitrogen and oxygen atoms in total. The summed E-state index contributed by atoms with van der Waals surface area (Å²) in [6.07, 6.45) is 0.263. The summed E-state index contributed by atoms with van der Waals surface area (Å²) in [5.74, 6) is 0. The zero-order valence-electron chi connectivity index (χ0n) is 9.00. The van der Waals surface area contributed by atoms with Gasteiger partial charge in [0.1, 0.15) is 0 Å². The van der Waals surface area contributed by atoms with Crippen LogP contribution >= 0.6 is 0 Å². The summed E-state index contributed by atoms with van der Waals surface area (Å²) in [4.78, 5) is 0. The molecule has 0 aliphatic heterocycles. The summed E-state index contributed by atoms with van der Waals surface area (Å²) in [5.41, 5.74) is 2.73. The van der Waals surface area contributed by atoms with Crippen LogP contribution in [0.25, 0.3) is 0 Å². The lowest BCUT2D eigenvalue weighted by atomic mass is 10.1. The monoisotopic (exact) mass is 191 g/mol. The molecule has 1 rings (SSSR count). The molecule has 14 heavy (non-hydrogen) atoms. The van der Waals surface area contributed by atoms with Gasteiger partial charge < -0.3 is 10.1 Å². The van der Waals surface area contributed by atoms with Gasteiger partial charge in [0.25, 0.3) is 0 Å². The molecule has 2 heteroatoms. The molecule has 0 aliphatic rings. The average Bonchev–Trinajstić information content (AvgIpc) is 2.15. The van der Waals surface area contributed by atoms with Gasteiger partial charge in [-0.3, -0.25) is 0 Å². The first kappa shape index (κ1) is 10.9. The van der Waals surface area contributed by atoms with Gasteiger partial charge >= 0.3 is 0 Å². The summed E-state index contributed by atoms with van der Waals surface area (Å²) in [6, 6.07) is 7.94. The molecule has 76 valence electrons. The van der Waals surface area contributed by atoms with E-state index in [9.17, 15) is 0 Å². The van der Waals surface area contributed by atoms with Crippen LogP contribution in [0.5, 0.6) is 0 Å². The molecule has 0 amide bonds. The van der Waals surface area contributed by atoms with Crippen molar-refractivity contribution in [1.29, 1.82) is 5.41 Å². The third kappa shape index (κ3) is 3.30. The van der Waals surface area contributed by atoms with Crippen LogP contribution in [-0.4, -0.2) is 11.8 Å². The van der Waals surface area contributed by atoms with Crippen molar-refractivity contribution in [3.8, 4) is 0 Å². The van der Waals surface area contributed by atoms with Crippen molar-refractivity contribution >= 4 is 5.71 Å². The van der Waals surface area contributed by atoms with Gasteiger partial charge in [-0.25, -0.2) is 0 Å².